The van der Waals surface area contributed by atoms with Crippen molar-refractivity contribution >= 4 is 11.9 Å². The fourth-order valence-corrected chi connectivity index (χ4v) is 3.36. The van der Waals surface area contributed by atoms with Crippen molar-refractivity contribution < 1.29 is 9.53 Å². The maximum absolute atomic E-state index is 12.5. The van der Waals surface area contributed by atoms with Gasteiger partial charge < -0.3 is 15.4 Å². The number of aromatic nitrogens is 2. The second-order valence-electron chi connectivity index (χ2n) is 6.95. The number of ether oxygens (including phenoxy) is 1. The van der Waals surface area contributed by atoms with Crippen LogP contribution in [0.25, 0.3) is 0 Å². The molecule has 1 fully saturated rings. The average molecular weight is 368 g/mol. The van der Waals surface area contributed by atoms with Crippen molar-refractivity contribution in [2.24, 2.45) is 0 Å². The molecule has 0 saturated heterocycles. The van der Waals surface area contributed by atoms with Crippen molar-refractivity contribution in [2.75, 3.05) is 19.0 Å². The van der Waals surface area contributed by atoms with E-state index >= 15 is 0 Å². The lowest BCUT2D eigenvalue weighted by Crippen LogP contribution is -2.35. The van der Waals surface area contributed by atoms with Crippen LogP contribution in [0, 0.1) is 0 Å². The van der Waals surface area contributed by atoms with Gasteiger partial charge in [0.15, 0.2) is 0 Å². The van der Waals surface area contributed by atoms with E-state index in [1.54, 1.807) is 19.4 Å². The molecule has 0 atom stereocenters. The van der Waals surface area contributed by atoms with Gasteiger partial charge in [0.1, 0.15) is 11.4 Å². The Morgan fingerprint density at radius 2 is 1.85 bits per heavy atom. The third-order valence-electron chi connectivity index (χ3n) is 4.93. The standard InChI is InChI=1S/C21H28N4O2/c1-27-18-10-8-16(9-11-18)12-14-22-21-23-15-13-19(25-21)20(26)24-17-6-4-2-3-5-7-17/h8-11,13,15,17H,2-7,12,14H2,1H3,(H,24,26)(H,22,23,25). The molecule has 1 amide bonds. The molecule has 1 aliphatic rings. The summed E-state index contributed by atoms with van der Waals surface area (Å²) >= 11 is 0. The normalized spacial score (nSPS) is 15.0. The van der Waals surface area contributed by atoms with Crippen molar-refractivity contribution in [3.05, 3.63) is 47.8 Å². The van der Waals surface area contributed by atoms with Crippen LogP contribution in [0.2, 0.25) is 0 Å². The number of amides is 1. The van der Waals surface area contributed by atoms with Gasteiger partial charge in [-0.15, -0.1) is 0 Å². The highest BCUT2D eigenvalue weighted by Crippen LogP contribution is 2.17. The minimum Gasteiger partial charge on any atom is -0.497 e. The highest BCUT2D eigenvalue weighted by molar-refractivity contribution is 5.92. The number of carbonyl (C=O) groups excluding carboxylic acids is 1. The summed E-state index contributed by atoms with van der Waals surface area (Å²) < 4.78 is 5.17. The number of benzene rings is 1. The topological polar surface area (TPSA) is 76.1 Å². The number of carbonyl (C=O) groups is 1. The number of nitrogens with one attached hydrogen (secondary N) is 2. The number of nitrogens with zero attached hydrogens (tertiary/aromatic N) is 2. The fourth-order valence-electron chi connectivity index (χ4n) is 3.36. The molecule has 6 nitrogen and oxygen atoms in total. The van der Waals surface area contributed by atoms with Gasteiger partial charge in [-0.1, -0.05) is 37.8 Å². The van der Waals surface area contributed by atoms with Gasteiger partial charge in [0.25, 0.3) is 5.91 Å². The monoisotopic (exact) mass is 368 g/mol. The minimum absolute atomic E-state index is 0.109. The Balaban J connectivity index is 1.50. The predicted molar refractivity (Wildman–Crippen MR) is 106 cm³/mol. The van der Waals surface area contributed by atoms with Gasteiger partial charge >= 0.3 is 0 Å². The third-order valence-corrected chi connectivity index (χ3v) is 4.93. The molecule has 144 valence electrons. The molecule has 1 aliphatic carbocycles. The van der Waals surface area contributed by atoms with Crippen LogP contribution in [0.3, 0.4) is 0 Å². The maximum atomic E-state index is 12.5. The largest absolute Gasteiger partial charge is 0.497 e. The van der Waals surface area contributed by atoms with Crippen LogP contribution in [0.15, 0.2) is 36.5 Å². The van der Waals surface area contributed by atoms with E-state index in [0.29, 0.717) is 18.2 Å². The fraction of sp³-hybridized carbons (Fsp3) is 0.476. The first-order valence-corrected chi connectivity index (χ1v) is 9.75. The molecule has 0 unspecified atom stereocenters. The maximum Gasteiger partial charge on any atom is 0.270 e. The summed E-state index contributed by atoms with van der Waals surface area (Å²) in [7, 11) is 1.66. The van der Waals surface area contributed by atoms with E-state index in [9.17, 15) is 4.79 Å². The van der Waals surface area contributed by atoms with Gasteiger partial charge in [-0.05, 0) is 43.0 Å². The first-order chi connectivity index (χ1) is 13.2. The number of hydrogen-bond acceptors (Lipinski definition) is 5. The van der Waals surface area contributed by atoms with Gasteiger partial charge in [-0.3, -0.25) is 4.79 Å². The number of methoxy groups -OCH3 is 1. The Hall–Kier alpha value is -2.63. The number of hydrogen-bond donors (Lipinski definition) is 2. The van der Waals surface area contributed by atoms with E-state index in [0.717, 1.165) is 25.0 Å². The van der Waals surface area contributed by atoms with Crippen LogP contribution in [0.5, 0.6) is 5.75 Å². The lowest BCUT2D eigenvalue weighted by atomic mass is 10.1. The molecule has 1 saturated carbocycles. The molecular weight excluding hydrogens is 340 g/mol. The highest BCUT2D eigenvalue weighted by Gasteiger charge is 2.16. The van der Waals surface area contributed by atoms with Crippen molar-refractivity contribution in [1.29, 1.82) is 0 Å². The van der Waals surface area contributed by atoms with Crippen LogP contribution in [-0.2, 0) is 6.42 Å². The van der Waals surface area contributed by atoms with Crippen molar-refractivity contribution in [2.45, 2.75) is 51.0 Å². The van der Waals surface area contributed by atoms with E-state index in [-0.39, 0.29) is 11.9 Å². The van der Waals surface area contributed by atoms with E-state index < -0.39 is 0 Å². The molecule has 3 rings (SSSR count). The SMILES string of the molecule is COc1ccc(CCNc2nccc(C(=O)NC3CCCCCC3)n2)cc1. The van der Waals surface area contributed by atoms with E-state index in [1.807, 2.05) is 24.3 Å². The minimum atomic E-state index is -0.109. The zero-order valence-electron chi connectivity index (χ0n) is 15.9. The van der Waals surface area contributed by atoms with Gasteiger partial charge in [0.05, 0.1) is 7.11 Å². The summed E-state index contributed by atoms with van der Waals surface area (Å²) in [6, 6.07) is 9.91. The Kier molecular flexibility index (Phi) is 7.02. The molecule has 2 N–H and O–H groups in total. The van der Waals surface area contributed by atoms with Gasteiger partial charge in [0, 0.05) is 18.8 Å². The molecule has 6 heteroatoms. The summed E-state index contributed by atoms with van der Waals surface area (Å²) in [4.78, 5) is 21.1. The molecule has 0 radical (unpaired) electrons. The average Bonchev–Trinajstić information content (AvgIpc) is 2.97. The molecule has 1 aromatic heterocycles. The van der Waals surface area contributed by atoms with Crippen LogP contribution < -0.4 is 15.4 Å². The number of anilines is 1. The highest BCUT2D eigenvalue weighted by atomic mass is 16.5. The van der Waals surface area contributed by atoms with E-state index in [2.05, 4.69) is 20.6 Å². The molecule has 2 aromatic rings. The summed E-state index contributed by atoms with van der Waals surface area (Å²) in [5, 5.41) is 6.32. The Bertz CT molecular complexity index is 725. The Morgan fingerprint density at radius 1 is 1.11 bits per heavy atom. The zero-order chi connectivity index (χ0) is 18.9. The van der Waals surface area contributed by atoms with Crippen LogP contribution in [-0.4, -0.2) is 35.6 Å². The van der Waals surface area contributed by atoms with Crippen LogP contribution in [0.1, 0.15) is 54.6 Å². The number of rotatable bonds is 7. The lowest BCUT2D eigenvalue weighted by Gasteiger charge is -2.16. The lowest BCUT2D eigenvalue weighted by molar-refractivity contribution is 0.0928. The summed E-state index contributed by atoms with van der Waals surface area (Å²) in [5.41, 5.74) is 1.62. The first kappa shape index (κ1) is 19.1. The molecular formula is C21H28N4O2. The van der Waals surface area contributed by atoms with Crippen molar-refractivity contribution in [3.8, 4) is 5.75 Å². The Morgan fingerprint density at radius 3 is 2.56 bits per heavy atom. The summed E-state index contributed by atoms with van der Waals surface area (Å²) in [6.07, 6.45) is 9.49. The Labute approximate surface area is 160 Å². The van der Waals surface area contributed by atoms with Gasteiger partial charge in [-0.2, -0.15) is 0 Å². The predicted octanol–water partition coefficient (Wildman–Crippen LogP) is 3.59. The molecule has 1 heterocycles. The zero-order valence-corrected chi connectivity index (χ0v) is 15.9. The van der Waals surface area contributed by atoms with Gasteiger partial charge in [-0.25, -0.2) is 9.97 Å². The smallest absolute Gasteiger partial charge is 0.270 e. The summed E-state index contributed by atoms with van der Waals surface area (Å²) in [5.74, 6) is 1.22. The third kappa shape index (κ3) is 5.94. The molecule has 27 heavy (non-hydrogen) atoms. The molecule has 0 aliphatic heterocycles. The molecule has 1 aromatic carbocycles. The van der Waals surface area contributed by atoms with Crippen LogP contribution >= 0.6 is 0 Å². The van der Waals surface area contributed by atoms with Gasteiger partial charge in [0.2, 0.25) is 5.95 Å². The van der Waals surface area contributed by atoms with E-state index in [4.69, 9.17) is 4.74 Å². The second-order valence-corrected chi connectivity index (χ2v) is 6.95. The first-order valence-electron chi connectivity index (χ1n) is 9.75. The van der Waals surface area contributed by atoms with E-state index in [1.165, 1.54) is 31.2 Å². The van der Waals surface area contributed by atoms with Crippen LogP contribution in [0.4, 0.5) is 5.95 Å². The molecule has 0 bridgehead atoms. The molecule has 0 spiro atoms. The second kappa shape index (κ2) is 9.90. The summed E-state index contributed by atoms with van der Waals surface area (Å²) in [6.45, 7) is 0.694. The van der Waals surface area contributed by atoms with Crippen molar-refractivity contribution in [1.82, 2.24) is 15.3 Å². The van der Waals surface area contributed by atoms with Crippen molar-refractivity contribution in [3.63, 3.8) is 0 Å². The quantitative estimate of drug-likeness (QED) is 0.731.